The van der Waals surface area contributed by atoms with Gasteiger partial charge in [0.15, 0.2) is 5.69 Å². The highest BCUT2D eigenvalue weighted by Gasteiger charge is 2.33. The van der Waals surface area contributed by atoms with Gasteiger partial charge in [0.25, 0.3) is 5.91 Å². The summed E-state index contributed by atoms with van der Waals surface area (Å²) in [4.78, 5) is 26.0. The molecule has 1 unspecified atom stereocenters. The number of carbonyl (C=O) groups is 2. The molecule has 0 radical (unpaired) electrons. The second-order valence-corrected chi connectivity index (χ2v) is 7.54. The van der Waals surface area contributed by atoms with Crippen LogP contribution in [0, 0.1) is 0 Å². The molecule has 1 atom stereocenters. The Labute approximate surface area is 141 Å². The van der Waals surface area contributed by atoms with Crippen molar-refractivity contribution in [3.63, 3.8) is 0 Å². The third-order valence-corrected chi connectivity index (χ3v) is 4.09. The molecule has 2 fully saturated rings. The molecule has 1 aromatic heterocycles. The van der Waals surface area contributed by atoms with Crippen LogP contribution < -0.4 is 5.32 Å². The van der Waals surface area contributed by atoms with Gasteiger partial charge in [-0.3, -0.25) is 4.79 Å². The van der Waals surface area contributed by atoms with Crippen LogP contribution in [0.4, 0.5) is 4.79 Å². The summed E-state index contributed by atoms with van der Waals surface area (Å²) in [6.07, 6.45) is 5.25. The lowest BCUT2D eigenvalue weighted by molar-refractivity contribution is 0.0211. The van der Waals surface area contributed by atoms with E-state index in [1.54, 1.807) is 15.8 Å². The van der Waals surface area contributed by atoms with Crippen molar-refractivity contribution in [2.75, 3.05) is 6.54 Å². The molecule has 2 heterocycles. The Balaban J connectivity index is 1.59. The van der Waals surface area contributed by atoms with Gasteiger partial charge in [0.05, 0.1) is 18.8 Å². The molecule has 8 nitrogen and oxygen atoms in total. The lowest BCUT2D eigenvalue weighted by Crippen LogP contribution is -2.41. The van der Waals surface area contributed by atoms with E-state index in [1.807, 2.05) is 20.8 Å². The molecule has 1 aromatic rings. The van der Waals surface area contributed by atoms with Gasteiger partial charge in [-0.05, 0) is 46.5 Å². The van der Waals surface area contributed by atoms with Gasteiger partial charge in [-0.2, -0.15) is 0 Å². The van der Waals surface area contributed by atoms with Crippen LogP contribution in [-0.4, -0.2) is 56.1 Å². The monoisotopic (exact) mass is 335 g/mol. The largest absolute Gasteiger partial charge is 0.444 e. The van der Waals surface area contributed by atoms with Gasteiger partial charge in [-0.25, -0.2) is 9.48 Å². The minimum Gasteiger partial charge on any atom is -0.444 e. The molecule has 0 aromatic carbocycles. The number of ether oxygens (including phenoxy) is 1. The first kappa shape index (κ1) is 16.7. The quantitative estimate of drug-likeness (QED) is 0.902. The van der Waals surface area contributed by atoms with Crippen LogP contribution in [0.25, 0.3) is 0 Å². The lowest BCUT2D eigenvalue weighted by Gasteiger charge is -2.28. The van der Waals surface area contributed by atoms with Crippen LogP contribution in [0.5, 0.6) is 0 Å². The van der Waals surface area contributed by atoms with Crippen molar-refractivity contribution < 1.29 is 14.3 Å². The Bertz CT molecular complexity index is 617. The molecular formula is C16H25N5O3. The van der Waals surface area contributed by atoms with Crippen molar-refractivity contribution in [2.45, 2.75) is 70.7 Å². The second-order valence-electron chi connectivity index (χ2n) is 7.54. The van der Waals surface area contributed by atoms with Crippen molar-refractivity contribution in [1.29, 1.82) is 0 Å². The third kappa shape index (κ3) is 4.24. The highest BCUT2D eigenvalue weighted by molar-refractivity contribution is 5.92. The van der Waals surface area contributed by atoms with Crippen molar-refractivity contribution in [1.82, 2.24) is 25.2 Å². The average Bonchev–Trinajstić information content (AvgIpc) is 3.00. The number of nitrogens with zero attached hydrogens (tertiary/aromatic N) is 4. The number of hydrogen-bond acceptors (Lipinski definition) is 5. The van der Waals surface area contributed by atoms with Gasteiger partial charge in [0.1, 0.15) is 5.60 Å². The van der Waals surface area contributed by atoms with Crippen molar-refractivity contribution >= 4 is 12.0 Å². The molecule has 3 rings (SSSR count). The van der Waals surface area contributed by atoms with Gasteiger partial charge in [-0.15, -0.1) is 5.10 Å². The number of amides is 2. The number of rotatable bonds is 4. The molecule has 1 saturated carbocycles. The molecule has 0 spiro atoms. The number of carbonyl (C=O) groups excluding carboxylic acids is 2. The maximum Gasteiger partial charge on any atom is 0.410 e. The zero-order valence-corrected chi connectivity index (χ0v) is 14.5. The molecule has 1 aliphatic carbocycles. The summed E-state index contributed by atoms with van der Waals surface area (Å²) in [5, 5.41) is 10.8. The molecule has 1 aliphatic heterocycles. The lowest BCUT2D eigenvalue weighted by atomic mass is 10.2. The van der Waals surface area contributed by atoms with E-state index in [-0.39, 0.29) is 18.0 Å². The highest BCUT2D eigenvalue weighted by atomic mass is 16.6. The van der Waals surface area contributed by atoms with Gasteiger partial charge >= 0.3 is 6.09 Å². The third-order valence-electron chi connectivity index (χ3n) is 4.09. The van der Waals surface area contributed by atoms with Crippen LogP contribution in [0.1, 0.15) is 56.9 Å². The molecule has 1 saturated heterocycles. The van der Waals surface area contributed by atoms with E-state index in [9.17, 15) is 9.59 Å². The average molecular weight is 335 g/mol. The fourth-order valence-electron chi connectivity index (χ4n) is 2.78. The molecule has 24 heavy (non-hydrogen) atoms. The minimum absolute atomic E-state index is 0.0147. The maximum absolute atomic E-state index is 12.3. The van der Waals surface area contributed by atoms with Gasteiger partial charge < -0.3 is 15.0 Å². The maximum atomic E-state index is 12.3. The predicted octanol–water partition coefficient (Wildman–Crippen LogP) is 1.57. The summed E-state index contributed by atoms with van der Waals surface area (Å²) in [6, 6.07) is 0.307. The van der Waals surface area contributed by atoms with Gasteiger partial charge in [-0.1, -0.05) is 5.21 Å². The molecule has 2 aliphatic rings. The summed E-state index contributed by atoms with van der Waals surface area (Å²) in [6.45, 7) is 6.78. The molecule has 2 amide bonds. The Morgan fingerprint density at radius 2 is 2.08 bits per heavy atom. The number of likely N-dealkylation sites (tertiary alicyclic amines) is 1. The first-order valence-electron chi connectivity index (χ1n) is 8.52. The van der Waals surface area contributed by atoms with E-state index in [2.05, 4.69) is 15.6 Å². The first-order chi connectivity index (χ1) is 11.3. The Kier molecular flexibility index (Phi) is 4.47. The van der Waals surface area contributed by atoms with Crippen LogP contribution >= 0.6 is 0 Å². The Morgan fingerprint density at radius 3 is 2.75 bits per heavy atom. The Morgan fingerprint density at radius 1 is 1.33 bits per heavy atom. The molecule has 1 N–H and O–H groups in total. The normalized spacial score (nSPS) is 21.0. The molecule has 0 bridgehead atoms. The fourth-order valence-corrected chi connectivity index (χ4v) is 2.78. The summed E-state index contributed by atoms with van der Waals surface area (Å²) >= 11 is 0. The zero-order valence-electron chi connectivity index (χ0n) is 14.5. The van der Waals surface area contributed by atoms with Crippen LogP contribution in [0.15, 0.2) is 6.20 Å². The van der Waals surface area contributed by atoms with E-state index in [0.29, 0.717) is 24.8 Å². The van der Waals surface area contributed by atoms with E-state index in [0.717, 1.165) is 25.7 Å². The van der Waals surface area contributed by atoms with Crippen LogP contribution in [0.2, 0.25) is 0 Å². The zero-order chi connectivity index (χ0) is 17.3. The SMILES string of the molecule is CC(C)(C)OC(=O)N1CCCC1Cn1cc(C(=O)NC2CC2)nn1. The number of hydrogen-bond donors (Lipinski definition) is 1. The van der Waals surface area contributed by atoms with Crippen LogP contribution in [-0.2, 0) is 11.3 Å². The second kappa shape index (κ2) is 6.41. The smallest absolute Gasteiger partial charge is 0.410 e. The van der Waals surface area contributed by atoms with E-state index >= 15 is 0 Å². The van der Waals surface area contributed by atoms with E-state index in [4.69, 9.17) is 4.74 Å². The Hall–Kier alpha value is -2.12. The first-order valence-corrected chi connectivity index (χ1v) is 8.52. The topological polar surface area (TPSA) is 89.4 Å². The van der Waals surface area contributed by atoms with Gasteiger partial charge in [0.2, 0.25) is 0 Å². The fraction of sp³-hybridized carbons (Fsp3) is 0.750. The highest BCUT2D eigenvalue weighted by Crippen LogP contribution is 2.22. The predicted molar refractivity (Wildman–Crippen MR) is 86.5 cm³/mol. The van der Waals surface area contributed by atoms with E-state index < -0.39 is 5.60 Å². The molecule has 8 heteroatoms. The minimum atomic E-state index is -0.508. The van der Waals surface area contributed by atoms with E-state index in [1.165, 1.54) is 0 Å². The van der Waals surface area contributed by atoms with Crippen LogP contribution in [0.3, 0.4) is 0 Å². The van der Waals surface area contributed by atoms with Gasteiger partial charge in [0, 0.05) is 12.6 Å². The molecule has 132 valence electrons. The van der Waals surface area contributed by atoms with Crippen molar-refractivity contribution in [3.05, 3.63) is 11.9 Å². The number of aromatic nitrogens is 3. The number of nitrogens with one attached hydrogen (secondary N) is 1. The summed E-state index contributed by atoms with van der Waals surface area (Å²) in [7, 11) is 0. The summed E-state index contributed by atoms with van der Waals surface area (Å²) < 4.78 is 7.10. The summed E-state index contributed by atoms with van der Waals surface area (Å²) in [5.74, 6) is -0.181. The summed E-state index contributed by atoms with van der Waals surface area (Å²) in [5.41, 5.74) is -0.186. The van der Waals surface area contributed by atoms with Crippen molar-refractivity contribution in [2.24, 2.45) is 0 Å². The molecular weight excluding hydrogens is 310 g/mol. The standard InChI is InChI=1S/C16H25N5O3/c1-16(2,3)24-15(23)21-8-4-5-12(21)9-20-10-13(18-19-20)14(22)17-11-6-7-11/h10-12H,4-9H2,1-3H3,(H,17,22). The van der Waals surface area contributed by atoms with Crippen molar-refractivity contribution in [3.8, 4) is 0 Å².